The highest BCUT2D eigenvalue weighted by atomic mass is 32.2. The van der Waals surface area contributed by atoms with Crippen LogP contribution < -0.4 is 10.0 Å². The number of aromatic amines is 1. The van der Waals surface area contributed by atoms with Gasteiger partial charge < -0.3 is 5.32 Å². The molecule has 1 aromatic heterocycles. The molecule has 0 aliphatic carbocycles. The molecule has 0 spiro atoms. The maximum absolute atomic E-state index is 12.5. The first-order valence-electron chi connectivity index (χ1n) is 7.72. The van der Waals surface area contributed by atoms with E-state index in [1.54, 1.807) is 44.3 Å². The van der Waals surface area contributed by atoms with Crippen molar-refractivity contribution in [3.63, 3.8) is 0 Å². The van der Waals surface area contributed by atoms with Crippen LogP contribution in [0.25, 0.3) is 10.9 Å². The smallest absolute Gasteiger partial charge is 0.257 e. The molecular weight excluding hydrogens is 340 g/mol. The summed E-state index contributed by atoms with van der Waals surface area (Å²) >= 11 is 0. The number of aromatic nitrogens is 2. The minimum atomic E-state index is -3.55. The van der Waals surface area contributed by atoms with E-state index in [2.05, 4.69) is 20.2 Å². The Morgan fingerprint density at radius 3 is 2.52 bits per heavy atom. The molecule has 25 heavy (non-hydrogen) atoms. The molecule has 3 N–H and O–H groups in total. The number of nitrogens with one attached hydrogen (secondary N) is 3. The molecule has 1 amide bonds. The van der Waals surface area contributed by atoms with Crippen molar-refractivity contribution < 1.29 is 13.2 Å². The van der Waals surface area contributed by atoms with Gasteiger partial charge in [0.05, 0.1) is 22.2 Å². The predicted octanol–water partition coefficient (Wildman–Crippen LogP) is 2.50. The Balaban J connectivity index is 1.80. The molecule has 8 heteroatoms. The van der Waals surface area contributed by atoms with Gasteiger partial charge in [-0.15, -0.1) is 0 Å². The summed E-state index contributed by atoms with van der Waals surface area (Å²) in [5.41, 5.74) is 1.62. The Morgan fingerprint density at radius 1 is 1.12 bits per heavy atom. The Morgan fingerprint density at radius 2 is 1.84 bits per heavy atom. The summed E-state index contributed by atoms with van der Waals surface area (Å²) in [6.07, 6.45) is 1.65. The number of H-pyrrole nitrogens is 1. The van der Waals surface area contributed by atoms with E-state index in [9.17, 15) is 13.2 Å². The van der Waals surface area contributed by atoms with Crippen molar-refractivity contribution in [1.82, 2.24) is 14.9 Å². The fourth-order valence-corrected chi connectivity index (χ4v) is 3.70. The van der Waals surface area contributed by atoms with Crippen LogP contribution in [0, 0.1) is 0 Å². The van der Waals surface area contributed by atoms with Crippen molar-refractivity contribution in [2.45, 2.75) is 24.8 Å². The number of rotatable bonds is 5. The summed E-state index contributed by atoms with van der Waals surface area (Å²) in [7, 11) is -3.55. The van der Waals surface area contributed by atoms with Crippen molar-refractivity contribution in [2.24, 2.45) is 0 Å². The van der Waals surface area contributed by atoms with Gasteiger partial charge in [0.15, 0.2) is 0 Å². The van der Waals surface area contributed by atoms with Crippen LogP contribution >= 0.6 is 0 Å². The van der Waals surface area contributed by atoms with Gasteiger partial charge in [0.1, 0.15) is 0 Å². The van der Waals surface area contributed by atoms with E-state index in [1.165, 1.54) is 12.1 Å². The van der Waals surface area contributed by atoms with E-state index in [4.69, 9.17) is 0 Å². The number of nitrogens with zero attached hydrogens (tertiary/aromatic N) is 1. The van der Waals surface area contributed by atoms with Crippen molar-refractivity contribution in [3.8, 4) is 0 Å². The molecule has 2 aromatic carbocycles. The third-order valence-corrected chi connectivity index (χ3v) is 5.21. The second-order valence-corrected chi connectivity index (χ2v) is 7.61. The fraction of sp³-hybridized carbons (Fsp3) is 0.176. The Bertz CT molecular complexity index is 1010. The highest BCUT2D eigenvalue weighted by Crippen LogP contribution is 2.19. The van der Waals surface area contributed by atoms with Gasteiger partial charge in [0, 0.05) is 17.1 Å². The molecule has 0 radical (unpaired) electrons. The van der Waals surface area contributed by atoms with Gasteiger partial charge in [-0.1, -0.05) is 12.1 Å². The van der Waals surface area contributed by atoms with E-state index in [0.717, 1.165) is 5.39 Å². The second kappa shape index (κ2) is 6.66. The standard InChI is InChI=1S/C17H18N4O3S/c1-11(2)21-25(23,24)14-8-6-13(7-9-14)19-17(22)15-5-3-4-12-10-18-20-16(12)15/h3-11,21H,1-2H3,(H,18,20)(H,19,22). The van der Waals surface area contributed by atoms with Crippen molar-refractivity contribution in [3.05, 3.63) is 54.2 Å². The van der Waals surface area contributed by atoms with E-state index in [1.807, 2.05) is 6.07 Å². The highest BCUT2D eigenvalue weighted by molar-refractivity contribution is 7.89. The zero-order valence-electron chi connectivity index (χ0n) is 13.8. The van der Waals surface area contributed by atoms with Gasteiger partial charge in [0.2, 0.25) is 10.0 Å². The summed E-state index contributed by atoms with van der Waals surface area (Å²) in [5.74, 6) is -0.300. The van der Waals surface area contributed by atoms with Crippen LogP contribution in [0.1, 0.15) is 24.2 Å². The van der Waals surface area contributed by atoms with Crippen LogP contribution in [-0.4, -0.2) is 30.6 Å². The monoisotopic (exact) mass is 358 g/mol. The fourth-order valence-electron chi connectivity index (χ4n) is 2.45. The number of para-hydroxylation sites is 1. The van der Waals surface area contributed by atoms with Gasteiger partial charge in [-0.05, 0) is 44.2 Å². The Kier molecular flexibility index (Phi) is 4.56. The average molecular weight is 358 g/mol. The number of hydrogen-bond donors (Lipinski definition) is 3. The molecule has 3 aromatic rings. The zero-order valence-corrected chi connectivity index (χ0v) is 14.6. The molecule has 1 heterocycles. The number of fused-ring (bicyclic) bond motifs is 1. The van der Waals surface area contributed by atoms with Crippen LogP contribution in [0.2, 0.25) is 0 Å². The van der Waals surface area contributed by atoms with Crippen LogP contribution in [-0.2, 0) is 10.0 Å². The molecule has 0 saturated carbocycles. The summed E-state index contributed by atoms with van der Waals surface area (Å²) < 4.78 is 26.7. The first-order chi connectivity index (χ1) is 11.9. The first-order valence-corrected chi connectivity index (χ1v) is 9.21. The normalized spacial score (nSPS) is 11.8. The van der Waals surface area contributed by atoms with Gasteiger partial charge in [-0.3, -0.25) is 9.89 Å². The third-order valence-electron chi connectivity index (χ3n) is 3.53. The molecule has 3 rings (SSSR count). The number of hydrogen-bond acceptors (Lipinski definition) is 4. The van der Waals surface area contributed by atoms with Gasteiger partial charge in [0.25, 0.3) is 5.91 Å². The quantitative estimate of drug-likeness (QED) is 0.652. The lowest BCUT2D eigenvalue weighted by Gasteiger charge is -2.10. The number of amides is 1. The summed E-state index contributed by atoms with van der Waals surface area (Å²) in [6, 6.07) is 11.2. The van der Waals surface area contributed by atoms with Crippen LogP contribution in [0.4, 0.5) is 5.69 Å². The van der Waals surface area contributed by atoms with Crippen LogP contribution in [0.3, 0.4) is 0 Å². The van der Waals surface area contributed by atoms with E-state index < -0.39 is 10.0 Å². The average Bonchev–Trinajstić information content (AvgIpc) is 3.02. The molecule has 130 valence electrons. The number of benzene rings is 2. The molecule has 7 nitrogen and oxygen atoms in total. The summed E-state index contributed by atoms with van der Waals surface area (Å²) in [4.78, 5) is 12.6. The third kappa shape index (κ3) is 3.70. The number of carbonyl (C=O) groups is 1. The zero-order chi connectivity index (χ0) is 18.0. The largest absolute Gasteiger partial charge is 0.322 e. The minimum absolute atomic E-state index is 0.148. The molecule has 0 bridgehead atoms. The number of anilines is 1. The van der Waals surface area contributed by atoms with E-state index in [-0.39, 0.29) is 16.8 Å². The summed E-state index contributed by atoms with van der Waals surface area (Å²) in [5, 5.41) is 10.3. The lowest BCUT2D eigenvalue weighted by Crippen LogP contribution is -2.30. The first kappa shape index (κ1) is 17.1. The Labute approximate surface area is 145 Å². The van der Waals surface area contributed by atoms with Gasteiger partial charge in [-0.2, -0.15) is 5.10 Å². The highest BCUT2D eigenvalue weighted by Gasteiger charge is 2.16. The van der Waals surface area contributed by atoms with Crippen LogP contribution in [0.15, 0.2) is 53.6 Å². The molecule has 0 saturated heterocycles. The molecule has 0 fully saturated rings. The molecular formula is C17H18N4O3S. The lowest BCUT2D eigenvalue weighted by atomic mass is 10.1. The molecule has 0 aliphatic heterocycles. The molecule has 0 atom stereocenters. The van der Waals surface area contributed by atoms with Crippen molar-refractivity contribution in [2.75, 3.05) is 5.32 Å². The lowest BCUT2D eigenvalue weighted by molar-refractivity contribution is 0.102. The van der Waals surface area contributed by atoms with E-state index >= 15 is 0 Å². The van der Waals surface area contributed by atoms with Crippen molar-refractivity contribution >= 4 is 32.5 Å². The van der Waals surface area contributed by atoms with E-state index in [0.29, 0.717) is 16.8 Å². The SMILES string of the molecule is CC(C)NS(=O)(=O)c1ccc(NC(=O)c2cccc3cn[nH]c23)cc1. The minimum Gasteiger partial charge on any atom is -0.322 e. The van der Waals surface area contributed by atoms with Gasteiger partial charge >= 0.3 is 0 Å². The maximum Gasteiger partial charge on any atom is 0.257 e. The van der Waals surface area contributed by atoms with Crippen LogP contribution in [0.5, 0.6) is 0 Å². The maximum atomic E-state index is 12.5. The molecule has 0 aliphatic rings. The molecule has 0 unspecified atom stereocenters. The number of sulfonamides is 1. The summed E-state index contributed by atoms with van der Waals surface area (Å²) in [6.45, 7) is 3.50. The number of carbonyl (C=O) groups excluding carboxylic acids is 1. The topological polar surface area (TPSA) is 104 Å². The van der Waals surface area contributed by atoms with Crippen molar-refractivity contribution in [1.29, 1.82) is 0 Å². The Hall–Kier alpha value is -2.71. The predicted molar refractivity (Wildman–Crippen MR) is 95.9 cm³/mol. The second-order valence-electron chi connectivity index (χ2n) is 5.89. The van der Waals surface area contributed by atoms with Gasteiger partial charge in [-0.25, -0.2) is 13.1 Å².